The number of sulfonamides is 2. The Morgan fingerprint density at radius 2 is 1.78 bits per heavy atom. The molecule has 15 heteroatoms. The Bertz CT molecular complexity index is 1750. The maximum absolute atomic E-state index is 13.7. The van der Waals surface area contributed by atoms with Gasteiger partial charge in [0.05, 0.1) is 28.6 Å². The first-order valence-electron chi connectivity index (χ1n) is 16.5. The van der Waals surface area contributed by atoms with Gasteiger partial charge in [-0.1, -0.05) is 18.2 Å². The molecule has 2 atom stereocenters. The van der Waals surface area contributed by atoms with Crippen LogP contribution >= 0.6 is 0 Å². The third kappa shape index (κ3) is 9.76. The number of hydrogen-bond acceptors (Lipinski definition) is 11. The second-order valence-corrected chi connectivity index (χ2v) is 16.6. The quantitative estimate of drug-likeness (QED) is 0.187. The van der Waals surface area contributed by atoms with Gasteiger partial charge in [0.1, 0.15) is 18.5 Å². The van der Waals surface area contributed by atoms with Crippen molar-refractivity contribution in [2.45, 2.75) is 53.2 Å². The minimum Gasteiger partial charge on any atom is -0.491 e. The summed E-state index contributed by atoms with van der Waals surface area (Å²) in [5, 5.41) is 13.8. The molecule has 2 fully saturated rings. The third-order valence-corrected chi connectivity index (χ3v) is 12.2. The molecule has 13 nitrogen and oxygen atoms in total. The summed E-state index contributed by atoms with van der Waals surface area (Å²) >= 11 is 0. The van der Waals surface area contributed by atoms with Gasteiger partial charge in [0.15, 0.2) is 0 Å². The Balaban J connectivity index is 1.08. The maximum atomic E-state index is 13.7. The molecule has 0 radical (unpaired) electrons. The van der Waals surface area contributed by atoms with Crippen molar-refractivity contribution in [3.63, 3.8) is 0 Å². The van der Waals surface area contributed by atoms with Gasteiger partial charge in [0.2, 0.25) is 25.9 Å². The highest BCUT2D eigenvalue weighted by Crippen LogP contribution is 2.37. The van der Waals surface area contributed by atoms with E-state index in [1.54, 1.807) is 42.6 Å². The number of rotatable bonds is 16. The molecule has 2 saturated heterocycles. The van der Waals surface area contributed by atoms with Gasteiger partial charge in [0.25, 0.3) is 0 Å². The summed E-state index contributed by atoms with van der Waals surface area (Å²) in [7, 11) is -1.94. The van der Waals surface area contributed by atoms with E-state index in [1.807, 2.05) is 26.2 Å². The molecule has 2 aliphatic rings. The number of nitrogens with zero attached hydrogens (tertiary/aromatic N) is 3. The van der Waals surface area contributed by atoms with Crippen molar-refractivity contribution in [3.8, 4) is 22.8 Å². The molecule has 2 aromatic carbocycles. The van der Waals surface area contributed by atoms with Crippen LogP contribution in [0.4, 0.5) is 0 Å². The number of aliphatic hydroxyl groups is 1. The van der Waals surface area contributed by atoms with Gasteiger partial charge in [-0.3, -0.25) is 0 Å². The predicted octanol–water partition coefficient (Wildman–Crippen LogP) is 2.33. The van der Waals surface area contributed by atoms with Crippen LogP contribution in [0.3, 0.4) is 0 Å². The van der Waals surface area contributed by atoms with Crippen LogP contribution in [-0.4, -0.2) is 121 Å². The lowest BCUT2D eigenvalue weighted by atomic mass is 9.88. The zero-order valence-electron chi connectivity index (χ0n) is 28.2. The SMILES string of the molecule is CNS(=O)(=O)c1cccc(OCC(O)CNC2COC3(CCN(S(=O)(=O)c4cccc(-c5ccc(OCCCN(C)C)nc5)c4)CC3)C2)c1. The van der Waals surface area contributed by atoms with Crippen molar-refractivity contribution in [3.05, 3.63) is 66.9 Å². The molecule has 0 aliphatic carbocycles. The van der Waals surface area contributed by atoms with E-state index in [0.717, 1.165) is 24.1 Å². The molecule has 2 aliphatic heterocycles. The number of pyridine rings is 1. The molecule has 0 amide bonds. The van der Waals surface area contributed by atoms with Gasteiger partial charge in [-0.2, -0.15) is 4.31 Å². The molecule has 1 aromatic heterocycles. The summed E-state index contributed by atoms with van der Waals surface area (Å²) in [5.74, 6) is 0.878. The number of benzene rings is 2. The van der Waals surface area contributed by atoms with E-state index < -0.39 is 31.8 Å². The molecular formula is C34H47N5O8S2. The Kier molecular flexibility index (Phi) is 12.3. The van der Waals surface area contributed by atoms with Crippen LogP contribution in [0, 0.1) is 0 Å². The van der Waals surface area contributed by atoms with Crippen molar-refractivity contribution in [1.29, 1.82) is 0 Å². The van der Waals surface area contributed by atoms with Crippen LogP contribution in [0.25, 0.3) is 11.1 Å². The van der Waals surface area contributed by atoms with E-state index in [9.17, 15) is 21.9 Å². The van der Waals surface area contributed by atoms with E-state index in [2.05, 4.69) is 19.9 Å². The molecule has 1 spiro atoms. The average molecular weight is 718 g/mol. The second-order valence-electron chi connectivity index (χ2n) is 12.8. The summed E-state index contributed by atoms with van der Waals surface area (Å²) in [6, 6.07) is 16.7. The van der Waals surface area contributed by atoms with Crippen molar-refractivity contribution in [1.82, 2.24) is 24.2 Å². The number of hydrogen-bond donors (Lipinski definition) is 3. The van der Waals surface area contributed by atoms with Crippen molar-refractivity contribution in [2.75, 3.05) is 67.1 Å². The molecular weight excluding hydrogens is 671 g/mol. The summed E-state index contributed by atoms with van der Waals surface area (Å²) < 4.78 is 72.8. The minimum absolute atomic E-state index is 0.00188. The first-order valence-corrected chi connectivity index (χ1v) is 19.4. The average Bonchev–Trinajstić information content (AvgIpc) is 3.50. The summed E-state index contributed by atoms with van der Waals surface area (Å²) in [6.07, 6.45) is 3.61. The molecule has 3 N–H and O–H groups in total. The Morgan fingerprint density at radius 1 is 1.02 bits per heavy atom. The summed E-state index contributed by atoms with van der Waals surface area (Å²) in [4.78, 5) is 6.82. The number of aromatic nitrogens is 1. The molecule has 3 aromatic rings. The summed E-state index contributed by atoms with van der Waals surface area (Å²) in [6.45, 7) is 2.90. The number of nitrogens with one attached hydrogen (secondary N) is 2. The minimum atomic E-state index is -3.72. The molecule has 0 saturated carbocycles. The van der Waals surface area contributed by atoms with Crippen LogP contribution in [0.1, 0.15) is 25.7 Å². The monoisotopic (exact) mass is 717 g/mol. The van der Waals surface area contributed by atoms with Crippen LogP contribution in [0.2, 0.25) is 0 Å². The smallest absolute Gasteiger partial charge is 0.243 e. The Labute approximate surface area is 289 Å². The van der Waals surface area contributed by atoms with Crippen molar-refractivity contribution in [2.24, 2.45) is 0 Å². The fourth-order valence-electron chi connectivity index (χ4n) is 6.04. The molecule has 49 heavy (non-hydrogen) atoms. The standard InChI is InChI=1S/C34H47N5O8S2/c1-35-48(41,42)31-9-5-8-30(20-31)46-25-29(40)23-36-28-21-34(47-24-28)13-16-39(17-14-34)49(43,44)32-10-4-7-26(19-32)27-11-12-33(37-22-27)45-18-6-15-38(2)3/h4-5,7-12,19-20,22,28-29,35-36,40H,6,13-18,21,23-25H2,1-3H3. The van der Waals surface area contributed by atoms with Crippen LogP contribution < -0.4 is 19.5 Å². The van der Waals surface area contributed by atoms with Crippen molar-refractivity contribution < 1.29 is 36.2 Å². The highest BCUT2D eigenvalue weighted by Gasteiger charge is 2.44. The van der Waals surface area contributed by atoms with Crippen LogP contribution in [0.5, 0.6) is 11.6 Å². The number of ether oxygens (including phenoxy) is 3. The molecule has 3 heterocycles. The van der Waals surface area contributed by atoms with Gasteiger partial charge in [-0.25, -0.2) is 26.5 Å². The Hall–Kier alpha value is -3.15. The third-order valence-electron chi connectivity index (χ3n) is 8.85. The first-order chi connectivity index (χ1) is 23.4. The molecule has 0 bridgehead atoms. The van der Waals surface area contributed by atoms with E-state index in [0.29, 0.717) is 57.2 Å². The molecule has 2 unspecified atom stereocenters. The van der Waals surface area contributed by atoms with E-state index in [1.165, 1.54) is 23.5 Å². The number of aliphatic hydroxyl groups excluding tert-OH is 1. The maximum Gasteiger partial charge on any atom is 0.243 e. The summed E-state index contributed by atoms with van der Waals surface area (Å²) in [5.41, 5.74) is 1.14. The molecule has 268 valence electrons. The lowest BCUT2D eigenvalue weighted by Crippen LogP contribution is -2.47. The lowest BCUT2D eigenvalue weighted by Gasteiger charge is -2.38. The van der Waals surface area contributed by atoms with Gasteiger partial charge in [0, 0.05) is 56.1 Å². The van der Waals surface area contributed by atoms with Gasteiger partial charge < -0.3 is 29.5 Å². The number of piperidine rings is 1. The second kappa shape index (κ2) is 16.2. The normalized spacial score (nSPS) is 18.9. The molecule has 5 rings (SSSR count). The van der Waals surface area contributed by atoms with Gasteiger partial charge in [-0.15, -0.1) is 0 Å². The predicted molar refractivity (Wildman–Crippen MR) is 186 cm³/mol. The lowest BCUT2D eigenvalue weighted by molar-refractivity contribution is -0.0312. The fourth-order valence-corrected chi connectivity index (χ4v) is 8.29. The van der Waals surface area contributed by atoms with Gasteiger partial charge in [-0.05, 0) is 82.7 Å². The van der Waals surface area contributed by atoms with Crippen LogP contribution in [0.15, 0.2) is 76.7 Å². The van der Waals surface area contributed by atoms with Crippen LogP contribution in [-0.2, 0) is 24.8 Å². The first kappa shape index (κ1) is 37.1. The highest BCUT2D eigenvalue weighted by molar-refractivity contribution is 7.89. The van der Waals surface area contributed by atoms with Crippen molar-refractivity contribution >= 4 is 20.0 Å². The van der Waals surface area contributed by atoms with E-state index >= 15 is 0 Å². The van der Waals surface area contributed by atoms with E-state index in [-0.39, 0.29) is 29.0 Å². The Morgan fingerprint density at radius 3 is 2.49 bits per heavy atom. The zero-order valence-corrected chi connectivity index (χ0v) is 29.9. The van der Waals surface area contributed by atoms with E-state index in [4.69, 9.17) is 14.2 Å². The van der Waals surface area contributed by atoms with Gasteiger partial charge >= 0.3 is 0 Å². The zero-order chi connectivity index (χ0) is 35.1. The fraction of sp³-hybridized carbons (Fsp3) is 0.500. The highest BCUT2D eigenvalue weighted by atomic mass is 32.2. The largest absolute Gasteiger partial charge is 0.491 e. The topological polar surface area (TPSA) is 160 Å².